The number of non-ortho nitro benzene ring substituents is 1. The van der Waals surface area contributed by atoms with Crippen molar-refractivity contribution in [3.8, 4) is 0 Å². The van der Waals surface area contributed by atoms with E-state index in [0.717, 1.165) is 18.2 Å². The summed E-state index contributed by atoms with van der Waals surface area (Å²) in [7, 11) is 0. The number of carbonyl (C=O) groups is 1. The summed E-state index contributed by atoms with van der Waals surface area (Å²) in [5.74, 6) is -1.58. The second kappa shape index (κ2) is 5.83. The van der Waals surface area contributed by atoms with Crippen LogP contribution in [0.15, 0.2) is 36.5 Å². The molecule has 8 heteroatoms. The second-order valence-corrected chi connectivity index (χ2v) is 3.82. The number of rotatable bonds is 4. The number of benzene rings is 1. The lowest BCUT2D eigenvalue weighted by molar-refractivity contribution is -0.384. The number of aromatic nitrogens is 2. The van der Waals surface area contributed by atoms with E-state index >= 15 is 0 Å². The zero-order valence-corrected chi connectivity index (χ0v) is 10.1. The standard InChI is InChI=1S/C12H9FN4O3/c13-11-4-3-9(17(19)20)6-10(11)12(18)14-7-8-2-1-5-15-16-8/h1-6H,7H2,(H,14,18). The summed E-state index contributed by atoms with van der Waals surface area (Å²) >= 11 is 0. The number of hydrogen-bond donors (Lipinski definition) is 1. The van der Waals surface area contributed by atoms with Gasteiger partial charge < -0.3 is 5.32 Å². The lowest BCUT2D eigenvalue weighted by Crippen LogP contribution is -2.24. The van der Waals surface area contributed by atoms with Crippen molar-refractivity contribution in [1.82, 2.24) is 15.5 Å². The molecule has 1 N–H and O–H groups in total. The maximum absolute atomic E-state index is 13.5. The molecule has 1 amide bonds. The average molecular weight is 276 g/mol. The minimum absolute atomic E-state index is 0.0504. The van der Waals surface area contributed by atoms with Gasteiger partial charge in [0.05, 0.1) is 22.7 Å². The molecular formula is C12H9FN4O3. The molecule has 2 aromatic rings. The van der Waals surface area contributed by atoms with Gasteiger partial charge in [-0.05, 0) is 18.2 Å². The van der Waals surface area contributed by atoms with E-state index in [4.69, 9.17) is 0 Å². The van der Waals surface area contributed by atoms with Crippen LogP contribution in [0.4, 0.5) is 10.1 Å². The molecule has 0 radical (unpaired) electrons. The van der Waals surface area contributed by atoms with Crippen molar-refractivity contribution >= 4 is 11.6 Å². The van der Waals surface area contributed by atoms with Crippen LogP contribution >= 0.6 is 0 Å². The van der Waals surface area contributed by atoms with E-state index in [9.17, 15) is 19.3 Å². The summed E-state index contributed by atoms with van der Waals surface area (Å²) in [5.41, 5.74) is -0.245. The van der Waals surface area contributed by atoms with E-state index < -0.39 is 16.6 Å². The van der Waals surface area contributed by atoms with Crippen LogP contribution in [0.3, 0.4) is 0 Å². The maximum Gasteiger partial charge on any atom is 0.270 e. The van der Waals surface area contributed by atoms with Crippen molar-refractivity contribution in [1.29, 1.82) is 0 Å². The monoisotopic (exact) mass is 276 g/mol. The predicted octanol–water partition coefficient (Wildman–Crippen LogP) is 1.45. The smallest absolute Gasteiger partial charge is 0.270 e. The van der Waals surface area contributed by atoms with E-state index in [2.05, 4.69) is 15.5 Å². The topological polar surface area (TPSA) is 98.0 Å². The van der Waals surface area contributed by atoms with Crippen LogP contribution in [0, 0.1) is 15.9 Å². The number of carbonyl (C=O) groups excluding carboxylic acids is 1. The van der Waals surface area contributed by atoms with Crippen molar-refractivity contribution in [3.63, 3.8) is 0 Å². The Morgan fingerprint density at radius 2 is 2.20 bits per heavy atom. The van der Waals surface area contributed by atoms with Gasteiger partial charge in [0.15, 0.2) is 0 Å². The number of hydrogen-bond acceptors (Lipinski definition) is 5. The molecule has 1 aromatic heterocycles. The maximum atomic E-state index is 13.5. The summed E-state index contributed by atoms with van der Waals surface area (Å²) in [6.45, 7) is 0.0504. The highest BCUT2D eigenvalue weighted by Crippen LogP contribution is 2.16. The normalized spacial score (nSPS) is 10.1. The fraction of sp³-hybridized carbons (Fsp3) is 0.0833. The van der Waals surface area contributed by atoms with Gasteiger partial charge in [-0.25, -0.2) is 4.39 Å². The lowest BCUT2D eigenvalue weighted by Gasteiger charge is -2.05. The summed E-state index contributed by atoms with van der Waals surface area (Å²) in [5, 5.41) is 20.4. The molecule has 0 unspecified atom stereocenters. The Kier molecular flexibility index (Phi) is 3.94. The number of nitrogens with zero attached hydrogens (tertiary/aromatic N) is 3. The minimum Gasteiger partial charge on any atom is -0.346 e. The highest BCUT2D eigenvalue weighted by atomic mass is 19.1. The molecule has 0 atom stereocenters. The van der Waals surface area contributed by atoms with Crippen molar-refractivity contribution in [2.24, 2.45) is 0 Å². The molecule has 0 fully saturated rings. The summed E-state index contributed by atoms with van der Waals surface area (Å²) in [4.78, 5) is 21.7. The Labute approximate surface area is 112 Å². The van der Waals surface area contributed by atoms with E-state index in [1.54, 1.807) is 12.1 Å². The Morgan fingerprint density at radius 1 is 1.40 bits per heavy atom. The molecule has 7 nitrogen and oxygen atoms in total. The van der Waals surface area contributed by atoms with Crippen LogP contribution in [0.2, 0.25) is 0 Å². The van der Waals surface area contributed by atoms with Crippen molar-refractivity contribution in [2.45, 2.75) is 6.54 Å². The van der Waals surface area contributed by atoms with Gasteiger partial charge >= 0.3 is 0 Å². The van der Waals surface area contributed by atoms with E-state index in [0.29, 0.717) is 5.69 Å². The SMILES string of the molecule is O=C(NCc1cccnn1)c1cc([N+](=O)[O-])ccc1F. The molecule has 0 saturated carbocycles. The van der Waals surface area contributed by atoms with Gasteiger partial charge in [-0.15, -0.1) is 0 Å². The van der Waals surface area contributed by atoms with Crippen LogP contribution in [-0.2, 0) is 6.54 Å². The predicted molar refractivity (Wildman–Crippen MR) is 66.3 cm³/mol. The first kappa shape index (κ1) is 13.5. The third kappa shape index (κ3) is 3.10. The highest BCUT2D eigenvalue weighted by Gasteiger charge is 2.16. The van der Waals surface area contributed by atoms with E-state index in [-0.39, 0.29) is 17.8 Å². The van der Waals surface area contributed by atoms with Crippen LogP contribution in [0.5, 0.6) is 0 Å². The number of nitro groups is 1. The third-order valence-corrected chi connectivity index (χ3v) is 2.46. The fourth-order valence-electron chi connectivity index (χ4n) is 1.49. The van der Waals surface area contributed by atoms with Gasteiger partial charge in [0.25, 0.3) is 11.6 Å². The van der Waals surface area contributed by atoms with E-state index in [1.807, 2.05) is 0 Å². The van der Waals surface area contributed by atoms with Gasteiger partial charge in [0.1, 0.15) is 5.82 Å². The molecule has 1 aromatic carbocycles. The molecule has 1 heterocycles. The van der Waals surface area contributed by atoms with Crippen molar-refractivity contribution < 1.29 is 14.1 Å². The zero-order chi connectivity index (χ0) is 14.5. The first-order valence-corrected chi connectivity index (χ1v) is 5.56. The molecular weight excluding hydrogens is 267 g/mol. The molecule has 0 aliphatic carbocycles. The largest absolute Gasteiger partial charge is 0.346 e. The number of nitro benzene ring substituents is 1. The fourth-order valence-corrected chi connectivity index (χ4v) is 1.49. The Morgan fingerprint density at radius 3 is 2.85 bits per heavy atom. The molecule has 0 aliphatic heterocycles. The lowest BCUT2D eigenvalue weighted by atomic mass is 10.1. The number of amides is 1. The molecule has 0 aliphatic rings. The zero-order valence-electron chi connectivity index (χ0n) is 10.1. The van der Waals surface area contributed by atoms with Crippen LogP contribution < -0.4 is 5.32 Å². The van der Waals surface area contributed by atoms with E-state index in [1.165, 1.54) is 6.20 Å². The number of nitrogens with one attached hydrogen (secondary N) is 1. The van der Waals surface area contributed by atoms with Gasteiger partial charge in [-0.1, -0.05) is 0 Å². The molecule has 0 spiro atoms. The Hall–Kier alpha value is -2.90. The average Bonchev–Trinajstić information content (AvgIpc) is 2.46. The van der Waals surface area contributed by atoms with Crippen LogP contribution in [0.1, 0.15) is 16.1 Å². The Balaban J connectivity index is 2.13. The summed E-state index contributed by atoms with van der Waals surface area (Å²) in [6, 6.07) is 6.05. The molecule has 102 valence electrons. The summed E-state index contributed by atoms with van der Waals surface area (Å²) < 4.78 is 13.5. The Bertz CT molecular complexity index is 648. The van der Waals surface area contributed by atoms with Crippen molar-refractivity contribution in [3.05, 3.63) is 63.7 Å². The van der Waals surface area contributed by atoms with Crippen LogP contribution in [-0.4, -0.2) is 21.0 Å². The van der Waals surface area contributed by atoms with Crippen LogP contribution in [0.25, 0.3) is 0 Å². The van der Waals surface area contributed by atoms with Crippen molar-refractivity contribution in [2.75, 3.05) is 0 Å². The van der Waals surface area contributed by atoms with Gasteiger partial charge in [-0.2, -0.15) is 10.2 Å². The number of halogens is 1. The molecule has 2 rings (SSSR count). The van der Waals surface area contributed by atoms with Gasteiger partial charge in [0.2, 0.25) is 0 Å². The highest BCUT2D eigenvalue weighted by molar-refractivity contribution is 5.95. The molecule has 20 heavy (non-hydrogen) atoms. The third-order valence-electron chi connectivity index (χ3n) is 2.46. The molecule has 0 bridgehead atoms. The minimum atomic E-state index is -0.827. The quantitative estimate of drug-likeness (QED) is 0.673. The van der Waals surface area contributed by atoms with Gasteiger partial charge in [-0.3, -0.25) is 14.9 Å². The van der Waals surface area contributed by atoms with Gasteiger partial charge in [0, 0.05) is 18.3 Å². The second-order valence-electron chi connectivity index (χ2n) is 3.82. The first-order valence-electron chi connectivity index (χ1n) is 5.56. The summed E-state index contributed by atoms with van der Waals surface area (Å²) in [6.07, 6.45) is 1.48. The molecule has 0 saturated heterocycles. The first-order chi connectivity index (χ1) is 9.58.